The van der Waals surface area contributed by atoms with Gasteiger partial charge in [-0.1, -0.05) is 54.6 Å². The van der Waals surface area contributed by atoms with Gasteiger partial charge in [-0.2, -0.15) is 0 Å². The SMILES string of the molecule is Cc1cc(C)cc(NC(=O)COc2ccccc2Cc2ccccc2)c1. The molecule has 1 N–H and O–H groups in total. The highest BCUT2D eigenvalue weighted by atomic mass is 16.5. The summed E-state index contributed by atoms with van der Waals surface area (Å²) in [7, 11) is 0. The second-order valence-corrected chi connectivity index (χ2v) is 6.48. The fourth-order valence-corrected chi connectivity index (χ4v) is 2.99. The maximum absolute atomic E-state index is 12.2. The summed E-state index contributed by atoms with van der Waals surface area (Å²) in [5, 5.41) is 2.90. The minimum Gasteiger partial charge on any atom is -0.483 e. The Morgan fingerprint density at radius 1 is 0.885 bits per heavy atom. The lowest BCUT2D eigenvalue weighted by Crippen LogP contribution is -2.20. The first kappa shape index (κ1) is 17.7. The van der Waals surface area contributed by atoms with Crippen LogP contribution in [0.1, 0.15) is 22.3 Å². The summed E-state index contributed by atoms with van der Waals surface area (Å²) in [6, 6.07) is 24.1. The highest BCUT2D eigenvalue weighted by molar-refractivity contribution is 5.92. The Hall–Kier alpha value is -3.07. The van der Waals surface area contributed by atoms with Gasteiger partial charge in [0.1, 0.15) is 5.75 Å². The van der Waals surface area contributed by atoms with Crippen molar-refractivity contribution in [2.45, 2.75) is 20.3 Å². The van der Waals surface area contributed by atoms with Crippen molar-refractivity contribution in [3.8, 4) is 5.75 Å². The third-order valence-electron chi connectivity index (χ3n) is 4.07. The lowest BCUT2D eigenvalue weighted by molar-refractivity contribution is -0.118. The van der Waals surface area contributed by atoms with Crippen LogP contribution in [0.4, 0.5) is 5.69 Å². The number of carbonyl (C=O) groups is 1. The number of anilines is 1. The maximum atomic E-state index is 12.2. The molecule has 3 aromatic rings. The fourth-order valence-electron chi connectivity index (χ4n) is 2.99. The molecule has 1 amide bonds. The monoisotopic (exact) mass is 345 g/mol. The van der Waals surface area contributed by atoms with Crippen molar-refractivity contribution in [1.82, 2.24) is 0 Å². The first-order valence-electron chi connectivity index (χ1n) is 8.73. The number of carbonyl (C=O) groups excluding carboxylic acids is 1. The molecule has 3 aromatic carbocycles. The third kappa shape index (κ3) is 4.96. The number of hydrogen-bond donors (Lipinski definition) is 1. The van der Waals surface area contributed by atoms with Crippen LogP contribution < -0.4 is 10.1 Å². The van der Waals surface area contributed by atoms with Crippen molar-refractivity contribution in [1.29, 1.82) is 0 Å². The summed E-state index contributed by atoms with van der Waals surface area (Å²) in [6.45, 7) is 4.01. The molecule has 0 aliphatic heterocycles. The minimum absolute atomic E-state index is 0.0151. The van der Waals surface area contributed by atoms with Crippen LogP contribution in [0.15, 0.2) is 72.8 Å². The summed E-state index contributed by atoms with van der Waals surface area (Å²) in [6.07, 6.45) is 0.774. The van der Waals surface area contributed by atoms with E-state index in [-0.39, 0.29) is 12.5 Å². The highest BCUT2D eigenvalue weighted by Gasteiger charge is 2.08. The van der Waals surface area contributed by atoms with Crippen LogP contribution in [-0.4, -0.2) is 12.5 Å². The number of nitrogens with one attached hydrogen (secondary N) is 1. The van der Waals surface area contributed by atoms with Crippen LogP contribution in [0, 0.1) is 13.8 Å². The summed E-state index contributed by atoms with van der Waals surface area (Å²) >= 11 is 0. The second-order valence-electron chi connectivity index (χ2n) is 6.48. The molecule has 0 aromatic heterocycles. The zero-order valence-electron chi connectivity index (χ0n) is 15.2. The average Bonchev–Trinajstić information content (AvgIpc) is 2.61. The van der Waals surface area contributed by atoms with E-state index in [9.17, 15) is 4.79 Å². The molecule has 0 bridgehead atoms. The second kappa shape index (κ2) is 8.34. The molecule has 3 rings (SSSR count). The van der Waals surface area contributed by atoms with Gasteiger partial charge in [0.15, 0.2) is 6.61 Å². The molecule has 0 unspecified atom stereocenters. The van der Waals surface area contributed by atoms with E-state index in [2.05, 4.69) is 23.5 Å². The van der Waals surface area contributed by atoms with E-state index in [1.165, 1.54) is 5.56 Å². The molecule has 0 aliphatic rings. The Morgan fingerprint density at radius 2 is 1.54 bits per heavy atom. The van der Waals surface area contributed by atoms with Gasteiger partial charge in [-0.15, -0.1) is 0 Å². The summed E-state index contributed by atoms with van der Waals surface area (Å²) in [4.78, 5) is 12.2. The Labute approximate surface area is 154 Å². The number of aryl methyl sites for hydroxylation is 2. The van der Waals surface area contributed by atoms with E-state index in [4.69, 9.17) is 4.74 Å². The standard InChI is InChI=1S/C23H23NO2/c1-17-12-18(2)14-21(13-17)24-23(25)16-26-22-11-7-6-10-20(22)15-19-8-4-3-5-9-19/h3-14H,15-16H2,1-2H3,(H,24,25). The van der Waals surface area contributed by atoms with E-state index in [0.717, 1.165) is 34.5 Å². The first-order chi connectivity index (χ1) is 12.6. The number of rotatable bonds is 6. The van der Waals surface area contributed by atoms with Gasteiger partial charge in [0.25, 0.3) is 5.91 Å². The van der Waals surface area contributed by atoms with Gasteiger partial charge in [0.2, 0.25) is 0 Å². The van der Waals surface area contributed by atoms with E-state index in [1.54, 1.807) is 0 Å². The molecule has 0 heterocycles. The Kier molecular flexibility index (Phi) is 5.69. The molecular formula is C23H23NO2. The lowest BCUT2D eigenvalue weighted by atomic mass is 10.0. The molecule has 132 valence electrons. The Bertz CT molecular complexity index is 867. The van der Waals surface area contributed by atoms with E-state index < -0.39 is 0 Å². The van der Waals surface area contributed by atoms with Crippen molar-refractivity contribution in [2.75, 3.05) is 11.9 Å². The van der Waals surface area contributed by atoms with E-state index >= 15 is 0 Å². The van der Waals surface area contributed by atoms with Crippen molar-refractivity contribution in [2.24, 2.45) is 0 Å². The molecule has 0 aliphatic carbocycles. The summed E-state index contributed by atoms with van der Waals surface area (Å²) in [5.41, 5.74) is 5.32. The topological polar surface area (TPSA) is 38.3 Å². The quantitative estimate of drug-likeness (QED) is 0.689. The summed E-state index contributed by atoms with van der Waals surface area (Å²) in [5.74, 6) is 0.580. The van der Waals surface area contributed by atoms with Gasteiger partial charge in [-0.25, -0.2) is 0 Å². The number of para-hydroxylation sites is 1. The van der Waals surface area contributed by atoms with Gasteiger partial charge >= 0.3 is 0 Å². The number of benzene rings is 3. The van der Waals surface area contributed by atoms with Gasteiger partial charge in [0.05, 0.1) is 0 Å². The van der Waals surface area contributed by atoms with Crippen LogP contribution in [0.5, 0.6) is 5.75 Å². The van der Waals surface area contributed by atoms with E-state index in [1.807, 2.05) is 68.4 Å². The molecule has 3 heteroatoms. The molecule has 26 heavy (non-hydrogen) atoms. The molecule has 0 atom stereocenters. The van der Waals surface area contributed by atoms with Crippen molar-refractivity contribution in [3.63, 3.8) is 0 Å². The van der Waals surface area contributed by atoms with Gasteiger partial charge in [0, 0.05) is 12.1 Å². The predicted molar refractivity (Wildman–Crippen MR) is 106 cm³/mol. The van der Waals surface area contributed by atoms with Gasteiger partial charge < -0.3 is 10.1 Å². The third-order valence-corrected chi connectivity index (χ3v) is 4.07. The van der Waals surface area contributed by atoms with Crippen LogP contribution in [0.2, 0.25) is 0 Å². The zero-order valence-corrected chi connectivity index (χ0v) is 15.2. The van der Waals surface area contributed by atoms with Crippen molar-refractivity contribution >= 4 is 11.6 Å². The minimum atomic E-state index is -0.162. The van der Waals surface area contributed by atoms with Crippen LogP contribution >= 0.6 is 0 Å². The fraction of sp³-hybridized carbons (Fsp3) is 0.174. The summed E-state index contributed by atoms with van der Waals surface area (Å²) < 4.78 is 5.79. The average molecular weight is 345 g/mol. The van der Waals surface area contributed by atoms with Crippen molar-refractivity contribution in [3.05, 3.63) is 95.1 Å². The smallest absolute Gasteiger partial charge is 0.262 e. The van der Waals surface area contributed by atoms with Crippen LogP contribution in [-0.2, 0) is 11.2 Å². The molecular weight excluding hydrogens is 322 g/mol. The normalized spacial score (nSPS) is 10.4. The first-order valence-corrected chi connectivity index (χ1v) is 8.73. The highest BCUT2D eigenvalue weighted by Crippen LogP contribution is 2.21. The van der Waals surface area contributed by atoms with Crippen molar-refractivity contribution < 1.29 is 9.53 Å². The lowest BCUT2D eigenvalue weighted by Gasteiger charge is -2.12. The molecule has 0 saturated heterocycles. The molecule has 0 radical (unpaired) electrons. The van der Waals surface area contributed by atoms with Crippen LogP contribution in [0.3, 0.4) is 0 Å². The number of hydrogen-bond acceptors (Lipinski definition) is 2. The van der Waals surface area contributed by atoms with Crippen LogP contribution in [0.25, 0.3) is 0 Å². The van der Waals surface area contributed by atoms with Gasteiger partial charge in [-0.05, 0) is 54.3 Å². The number of amides is 1. The largest absolute Gasteiger partial charge is 0.483 e. The Balaban J connectivity index is 1.63. The maximum Gasteiger partial charge on any atom is 0.262 e. The van der Waals surface area contributed by atoms with E-state index in [0.29, 0.717) is 0 Å². The molecule has 3 nitrogen and oxygen atoms in total. The molecule has 0 fully saturated rings. The predicted octanol–water partition coefficient (Wildman–Crippen LogP) is 4.91. The zero-order chi connectivity index (χ0) is 18.4. The molecule has 0 spiro atoms. The van der Waals surface area contributed by atoms with Gasteiger partial charge in [-0.3, -0.25) is 4.79 Å². The number of ether oxygens (including phenoxy) is 1. The molecule has 0 saturated carbocycles. The Morgan fingerprint density at radius 3 is 2.27 bits per heavy atom.